The van der Waals surface area contributed by atoms with E-state index in [1.807, 2.05) is 50.2 Å². The van der Waals surface area contributed by atoms with Crippen LogP contribution in [0, 0.1) is 37.0 Å². The van der Waals surface area contributed by atoms with Crippen molar-refractivity contribution < 1.29 is 14.3 Å². The lowest BCUT2D eigenvalue weighted by atomic mass is 9.82. The topological polar surface area (TPSA) is 100 Å². The fraction of sp³-hybridized carbons (Fsp3) is 0.324. The Hall–Kier alpha value is -4.64. The molecule has 1 aliphatic carbocycles. The number of rotatable bonds is 8. The van der Waals surface area contributed by atoms with E-state index >= 15 is 4.39 Å². The van der Waals surface area contributed by atoms with Crippen molar-refractivity contribution in [3.8, 4) is 34.7 Å². The molecular formula is C34H35FN4O3. The lowest BCUT2D eigenvalue weighted by Crippen LogP contribution is -2.40. The Morgan fingerprint density at radius 2 is 1.86 bits per heavy atom. The Balaban J connectivity index is 1.32. The van der Waals surface area contributed by atoms with Gasteiger partial charge in [-0.15, -0.1) is 5.10 Å². The smallest absolute Gasteiger partial charge is 0.348 e. The number of nitrogens with one attached hydrogen (secondary N) is 2. The molecule has 7 nitrogen and oxygen atoms in total. The lowest BCUT2D eigenvalue weighted by Gasteiger charge is -2.30. The molecule has 3 N–H and O–H groups in total. The number of aromatic amines is 1. The molecule has 0 saturated heterocycles. The number of halogens is 1. The fourth-order valence-corrected chi connectivity index (χ4v) is 4.84. The normalized spacial score (nSPS) is 13.7. The van der Waals surface area contributed by atoms with Gasteiger partial charge in [0.05, 0.1) is 11.3 Å². The zero-order chi connectivity index (χ0) is 30.0. The van der Waals surface area contributed by atoms with Crippen LogP contribution in [0.15, 0.2) is 65.5 Å². The predicted octanol–water partition coefficient (Wildman–Crippen LogP) is 5.65. The fourth-order valence-electron chi connectivity index (χ4n) is 4.84. The number of H-pyrrole nitrogens is 1. The van der Waals surface area contributed by atoms with Gasteiger partial charge < -0.3 is 10.4 Å². The molecule has 1 aliphatic rings. The average molecular weight is 567 g/mol. The number of carbonyl (C=O) groups excluding carboxylic acids is 1. The molecule has 1 saturated carbocycles. The van der Waals surface area contributed by atoms with E-state index in [-0.39, 0.29) is 30.0 Å². The van der Waals surface area contributed by atoms with Gasteiger partial charge in [-0.3, -0.25) is 9.78 Å². The summed E-state index contributed by atoms with van der Waals surface area (Å²) in [7, 11) is 0. The number of aromatic hydroxyl groups is 1. The van der Waals surface area contributed by atoms with Crippen LogP contribution in [0.2, 0.25) is 0 Å². The maximum Gasteiger partial charge on any atom is 0.348 e. The maximum absolute atomic E-state index is 15.8. The molecule has 42 heavy (non-hydrogen) atoms. The number of nitrogens with zero attached hydrogens (tertiary/aromatic N) is 2. The zero-order valence-corrected chi connectivity index (χ0v) is 24.3. The molecule has 0 radical (unpaired) electrons. The first-order chi connectivity index (χ1) is 20.0. The van der Waals surface area contributed by atoms with Crippen molar-refractivity contribution in [3.05, 3.63) is 99.0 Å². The summed E-state index contributed by atoms with van der Waals surface area (Å²) in [5, 5.41) is 17.3. The minimum atomic E-state index is -1.28. The van der Waals surface area contributed by atoms with E-state index in [1.165, 1.54) is 29.7 Å². The van der Waals surface area contributed by atoms with Gasteiger partial charge in [0.1, 0.15) is 11.9 Å². The summed E-state index contributed by atoms with van der Waals surface area (Å²) < 4.78 is 17.1. The molecule has 1 heterocycles. The summed E-state index contributed by atoms with van der Waals surface area (Å²) in [6.07, 6.45) is 1.17. The Labute approximate surface area is 244 Å². The van der Waals surface area contributed by atoms with E-state index in [4.69, 9.17) is 0 Å². The summed E-state index contributed by atoms with van der Waals surface area (Å²) in [6, 6.07) is 17.5. The molecule has 3 aromatic carbocycles. The molecule has 1 aromatic heterocycles. The molecule has 0 spiro atoms. The van der Waals surface area contributed by atoms with Gasteiger partial charge in [-0.1, -0.05) is 50.0 Å². The number of aryl methyl sites for hydroxylation is 1. The molecule has 5 rings (SSSR count). The van der Waals surface area contributed by atoms with Crippen molar-refractivity contribution >= 4 is 5.91 Å². The third-order valence-corrected chi connectivity index (χ3v) is 7.85. The van der Waals surface area contributed by atoms with Crippen molar-refractivity contribution in [2.75, 3.05) is 6.54 Å². The van der Waals surface area contributed by atoms with Gasteiger partial charge in [-0.05, 0) is 79.8 Å². The third-order valence-electron chi connectivity index (χ3n) is 7.85. The highest BCUT2D eigenvalue weighted by atomic mass is 19.1. The van der Waals surface area contributed by atoms with Crippen molar-refractivity contribution in [3.63, 3.8) is 0 Å². The molecule has 216 valence electrons. The van der Waals surface area contributed by atoms with Gasteiger partial charge in [-0.2, -0.15) is 4.68 Å². The third kappa shape index (κ3) is 6.31. The molecular weight excluding hydrogens is 531 g/mol. The highest BCUT2D eigenvalue weighted by Crippen LogP contribution is 2.32. The predicted molar refractivity (Wildman–Crippen MR) is 162 cm³/mol. The first-order valence-electron chi connectivity index (χ1n) is 14.1. The Morgan fingerprint density at radius 3 is 2.55 bits per heavy atom. The number of carbonyl (C=O) groups is 1. The number of para-hydroxylation sites is 1. The van der Waals surface area contributed by atoms with Gasteiger partial charge in [-0.25, -0.2) is 9.18 Å². The van der Waals surface area contributed by atoms with Crippen LogP contribution in [0.4, 0.5) is 4.39 Å². The van der Waals surface area contributed by atoms with E-state index in [0.717, 1.165) is 27.8 Å². The minimum absolute atomic E-state index is 0.0851. The summed E-state index contributed by atoms with van der Waals surface area (Å²) in [6.45, 7) is 7.44. The molecule has 1 atom stereocenters. The minimum Gasteiger partial charge on any atom is -0.507 e. The number of aromatic nitrogens is 3. The number of hydrogen-bond donors (Lipinski definition) is 3. The largest absolute Gasteiger partial charge is 0.507 e. The molecule has 8 heteroatoms. The number of phenolic OH excluding ortho intramolecular Hbond substituents is 1. The Kier molecular flexibility index (Phi) is 8.04. The van der Waals surface area contributed by atoms with E-state index in [0.29, 0.717) is 17.4 Å². The van der Waals surface area contributed by atoms with Gasteiger partial charge in [0, 0.05) is 35.4 Å². The highest BCUT2D eigenvalue weighted by Gasteiger charge is 2.31. The standard InChI is InChI=1S/C34H35FN4O3/c1-21-9-16-25(19-29(35)34(3,4)20-36-32(41)27-7-5-6-8-28(27)40)22(2)30(21)31-37-33(42)39(38-31)26-17-14-24(15-18-26)13-12-23-10-11-23/h5-9,14-18,23,29,40H,10-11,19-20H2,1-4H3,(H,36,41)(H,37,38,42). The molecule has 1 fully saturated rings. The van der Waals surface area contributed by atoms with Crippen molar-refractivity contribution in [2.24, 2.45) is 11.3 Å². The summed E-state index contributed by atoms with van der Waals surface area (Å²) in [5.74, 6) is 6.76. The monoisotopic (exact) mass is 566 g/mol. The molecule has 0 bridgehead atoms. The zero-order valence-electron chi connectivity index (χ0n) is 24.3. The molecule has 0 aliphatic heterocycles. The van der Waals surface area contributed by atoms with Crippen molar-refractivity contribution in [1.82, 2.24) is 20.1 Å². The first-order valence-corrected chi connectivity index (χ1v) is 14.1. The number of phenols is 1. The summed E-state index contributed by atoms with van der Waals surface area (Å²) >= 11 is 0. The highest BCUT2D eigenvalue weighted by molar-refractivity contribution is 5.96. The molecule has 4 aromatic rings. The Bertz CT molecular complexity index is 1740. The van der Waals surface area contributed by atoms with Gasteiger partial charge in [0.25, 0.3) is 5.91 Å². The quantitative estimate of drug-likeness (QED) is 0.240. The number of amides is 1. The van der Waals surface area contributed by atoms with Crippen molar-refractivity contribution in [2.45, 2.75) is 53.1 Å². The van der Waals surface area contributed by atoms with Crippen LogP contribution in [0.5, 0.6) is 5.75 Å². The second kappa shape index (κ2) is 11.7. The van der Waals surface area contributed by atoms with Crippen LogP contribution < -0.4 is 11.0 Å². The molecule has 1 unspecified atom stereocenters. The number of benzene rings is 3. The van der Waals surface area contributed by atoms with Crippen LogP contribution in [0.3, 0.4) is 0 Å². The van der Waals surface area contributed by atoms with Gasteiger partial charge in [0.15, 0.2) is 5.82 Å². The number of hydrogen-bond acceptors (Lipinski definition) is 4. The maximum atomic E-state index is 15.8. The van der Waals surface area contributed by atoms with Gasteiger partial charge >= 0.3 is 5.69 Å². The van der Waals surface area contributed by atoms with Crippen LogP contribution in [-0.4, -0.2) is 38.5 Å². The van der Waals surface area contributed by atoms with Crippen LogP contribution >= 0.6 is 0 Å². The SMILES string of the molecule is Cc1ccc(CC(F)C(C)(C)CNC(=O)c2ccccc2O)c(C)c1-c1nn(-c2ccc(C#CC3CC3)cc2)c(=O)[nH]1. The number of alkyl halides is 1. The lowest BCUT2D eigenvalue weighted by molar-refractivity contribution is 0.0889. The first kappa shape index (κ1) is 28.9. The van der Waals surface area contributed by atoms with Crippen LogP contribution in [0.1, 0.15) is 59.3 Å². The van der Waals surface area contributed by atoms with Gasteiger partial charge in [0.2, 0.25) is 0 Å². The van der Waals surface area contributed by atoms with Crippen molar-refractivity contribution in [1.29, 1.82) is 0 Å². The Morgan fingerprint density at radius 1 is 1.14 bits per heavy atom. The second-order valence-corrected chi connectivity index (χ2v) is 11.7. The second-order valence-electron chi connectivity index (χ2n) is 11.7. The van der Waals surface area contributed by atoms with E-state index in [1.54, 1.807) is 26.0 Å². The van der Waals surface area contributed by atoms with Crippen LogP contribution in [0.25, 0.3) is 17.1 Å². The summed E-state index contributed by atoms with van der Waals surface area (Å²) in [4.78, 5) is 28.3. The van der Waals surface area contributed by atoms with Crippen LogP contribution in [-0.2, 0) is 6.42 Å². The van der Waals surface area contributed by atoms with E-state index in [2.05, 4.69) is 27.2 Å². The summed E-state index contributed by atoms with van der Waals surface area (Å²) in [5.41, 5.74) is 3.71. The van der Waals surface area contributed by atoms with E-state index in [9.17, 15) is 14.7 Å². The molecule has 1 amide bonds. The average Bonchev–Trinajstić information content (AvgIpc) is 3.72. The van der Waals surface area contributed by atoms with E-state index < -0.39 is 17.5 Å².